The van der Waals surface area contributed by atoms with Crippen LogP contribution in [0, 0.1) is 5.41 Å². The molecule has 2 rings (SSSR count). The van der Waals surface area contributed by atoms with Gasteiger partial charge in [-0.25, -0.2) is 4.98 Å². The van der Waals surface area contributed by atoms with Crippen molar-refractivity contribution in [1.82, 2.24) is 20.2 Å². The van der Waals surface area contributed by atoms with Crippen LogP contribution in [0.1, 0.15) is 38.2 Å². The van der Waals surface area contributed by atoms with Crippen LogP contribution in [0.5, 0.6) is 5.75 Å². The Bertz CT molecular complexity index is 777. The fourth-order valence-electron chi connectivity index (χ4n) is 2.48. The van der Waals surface area contributed by atoms with Gasteiger partial charge < -0.3 is 19.9 Å². The summed E-state index contributed by atoms with van der Waals surface area (Å²) in [4.78, 5) is 28.8. The number of benzene rings is 1. The summed E-state index contributed by atoms with van der Waals surface area (Å²) in [7, 11) is 3.44. The van der Waals surface area contributed by atoms with Gasteiger partial charge in [-0.15, -0.1) is 0 Å². The van der Waals surface area contributed by atoms with Crippen molar-refractivity contribution in [2.24, 2.45) is 12.5 Å². The molecule has 140 valence electrons. The van der Waals surface area contributed by atoms with Crippen molar-refractivity contribution in [3.63, 3.8) is 0 Å². The second kappa shape index (κ2) is 8.03. The molecule has 7 heteroatoms. The van der Waals surface area contributed by atoms with Crippen molar-refractivity contribution >= 4 is 11.8 Å². The molecule has 26 heavy (non-hydrogen) atoms. The van der Waals surface area contributed by atoms with E-state index in [9.17, 15) is 9.59 Å². The van der Waals surface area contributed by atoms with Crippen molar-refractivity contribution in [2.75, 3.05) is 13.7 Å². The summed E-state index contributed by atoms with van der Waals surface area (Å²) in [5, 5.41) is 5.60. The lowest BCUT2D eigenvalue weighted by Gasteiger charge is -2.22. The monoisotopic (exact) mass is 358 g/mol. The van der Waals surface area contributed by atoms with E-state index in [-0.39, 0.29) is 18.4 Å². The van der Waals surface area contributed by atoms with E-state index in [4.69, 9.17) is 4.74 Å². The van der Waals surface area contributed by atoms with Crippen LogP contribution in [-0.2, 0) is 16.6 Å². The predicted octanol–water partition coefficient (Wildman–Crippen LogP) is 1.80. The highest BCUT2D eigenvalue weighted by Gasteiger charge is 2.25. The van der Waals surface area contributed by atoms with Gasteiger partial charge in [-0.2, -0.15) is 0 Å². The third kappa shape index (κ3) is 4.62. The van der Waals surface area contributed by atoms with Gasteiger partial charge in [0.1, 0.15) is 17.6 Å². The minimum atomic E-state index is -0.554. The summed E-state index contributed by atoms with van der Waals surface area (Å²) >= 11 is 0. The lowest BCUT2D eigenvalue weighted by molar-refractivity contribution is -0.131. The molecule has 0 unspecified atom stereocenters. The number of rotatable bonds is 6. The van der Waals surface area contributed by atoms with Gasteiger partial charge in [-0.3, -0.25) is 9.59 Å². The summed E-state index contributed by atoms with van der Waals surface area (Å²) < 4.78 is 7.27. The summed E-state index contributed by atoms with van der Waals surface area (Å²) in [6, 6.07) is 6.96. The highest BCUT2D eigenvalue weighted by molar-refractivity contribution is 5.87. The molecule has 0 bridgehead atoms. The molecule has 0 saturated carbocycles. The second-order valence-corrected chi connectivity index (χ2v) is 7.07. The minimum Gasteiger partial charge on any atom is -0.496 e. The first-order valence-electron chi connectivity index (χ1n) is 8.42. The summed E-state index contributed by atoms with van der Waals surface area (Å²) in [5.74, 6) is 0.838. The van der Waals surface area contributed by atoms with Crippen LogP contribution >= 0.6 is 0 Å². The molecule has 0 aliphatic rings. The molecule has 1 heterocycles. The van der Waals surface area contributed by atoms with Crippen molar-refractivity contribution in [2.45, 2.75) is 26.8 Å². The number of methoxy groups -OCH3 is 1. The van der Waals surface area contributed by atoms with E-state index in [0.29, 0.717) is 11.6 Å². The van der Waals surface area contributed by atoms with E-state index >= 15 is 0 Å². The van der Waals surface area contributed by atoms with Gasteiger partial charge >= 0.3 is 0 Å². The number of imidazole rings is 1. The van der Waals surface area contributed by atoms with Crippen LogP contribution < -0.4 is 15.4 Å². The number of carbonyl (C=O) groups is 2. The lowest BCUT2D eigenvalue weighted by Crippen LogP contribution is -2.43. The zero-order valence-corrected chi connectivity index (χ0v) is 15.9. The van der Waals surface area contributed by atoms with Crippen molar-refractivity contribution in [3.8, 4) is 5.75 Å². The van der Waals surface area contributed by atoms with Crippen LogP contribution in [0.25, 0.3) is 0 Å². The van der Waals surface area contributed by atoms with Gasteiger partial charge in [0.05, 0.1) is 13.7 Å². The van der Waals surface area contributed by atoms with Crippen molar-refractivity contribution in [3.05, 3.63) is 48.0 Å². The fraction of sp³-hybridized carbons (Fsp3) is 0.421. The van der Waals surface area contributed by atoms with E-state index in [1.165, 1.54) is 0 Å². The van der Waals surface area contributed by atoms with Crippen LogP contribution in [-0.4, -0.2) is 35.0 Å². The third-order valence-corrected chi connectivity index (χ3v) is 3.96. The highest BCUT2D eigenvalue weighted by atomic mass is 16.5. The maximum absolute atomic E-state index is 12.5. The summed E-state index contributed by atoms with van der Waals surface area (Å²) in [6.07, 6.45) is 3.48. The number of hydrogen-bond acceptors (Lipinski definition) is 4. The molecule has 0 fully saturated rings. The molecule has 2 amide bonds. The van der Waals surface area contributed by atoms with E-state index in [0.717, 1.165) is 5.56 Å². The number of aryl methyl sites for hydroxylation is 1. The Morgan fingerprint density at radius 2 is 1.96 bits per heavy atom. The van der Waals surface area contributed by atoms with Crippen molar-refractivity contribution in [1.29, 1.82) is 0 Å². The zero-order chi connectivity index (χ0) is 19.3. The molecule has 0 radical (unpaired) electrons. The Kier molecular flexibility index (Phi) is 6.02. The van der Waals surface area contributed by atoms with Gasteiger partial charge in [-0.1, -0.05) is 39.0 Å². The Hall–Kier alpha value is -2.83. The molecule has 2 aromatic rings. The number of para-hydroxylation sites is 1. The molecule has 0 aliphatic heterocycles. The Balaban J connectivity index is 2.22. The van der Waals surface area contributed by atoms with E-state index in [2.05, 4.69) is 15.6 Å². The molecule has 0 spiro atoms. The molecular weight excluding hydrogens is 332 g/mol. The van der Waals surface area contributed by atoms with E-state index in [1.807, 2.05) is 42.1 Å². The lowest BCUT2D eigenvalue weighted by atomic mass is 9.96. The largest absolute Gasteiger partial charge is 0.496 e. The highest BCUT2D eigenvalue weighted by Crippen LogP contribution is 2.28. The SMILES string of the molecule is COc1ccccc1[C@H](NC(=O)CNC(=O)C(C)(C)C)c1nccn1C. The maximum atomic E-state index is 12.5. The molecule has 1 aromatic carbocycles. The Labute approximate surface area is 153 Å². The van der Waals surface area contributed by atoms with Gasteiger partial charge in [0.2, 0.25) is 11.8 Å². The molecule has 0 aliphatic carbocycles. The molecule has 1 aromatic heterocycles. The predicted molar refractivity (Wildman–Crippen MR) is 98.7 cm³/mol. The fourth-order valence-corrected chi connectivity index (χ4v) is 2.48. The van der Waals surface area contributed by atoms with Gasteiger partial charge in [0.25, 0.3) is 0 Å². The molecule has 0 saturated heterocycles. The number of amides is 2. The van der Waals surface area contributed by atoms with Gasteiger partial charge in [-0.05, 0) is 6.07 Å². The molecule has 1 atom stereocenters. The Morgan fingerprint density at radius 3 is 2.54 bits per heavy atom. The molecule has 2 N–H and O–H groups in total. The first-order valence-corrected chi connectivity index (χ1v) is 8.42. The van der Waals surface area contributed by atoms with Gasteiger partial charge in [0, 0.05) is 30.4 Å². The van der Waals surface area contributed by atoms with Crippen molar-refractivity contribution < 1.29 is 14.3 Å². The number of aromatic nitrogens is 2. The second-order valence-electron chi connectivity index (χ2n) is 7.07. The van der Waals surface area contributed by atoms with Crippen LogP contribution in [0.15, 0.2) is 36.7 Å². The normalized spacial score (nSPS) is 12.3. The summed E-state index contributed by atoms with van der Waals surface area (Å²) in [6.45, 7) is 5.29. The quantitative estimate of drug-likeness (QED) is 0.824. The number of nitrogens with one attached hydrogen (secondary N) is 2. The minimum absolute atomic E-state index is 0.105. The number of nitrogens with zero attached hydrogens (tertiary/aromatic N) is 2. The van der Waals surface area contributed by atoms with Crippen LogP contribution in [0.4, 0.5) is 0 Å². The number of ether oxygens (including phenoxy) is 1. The Morgan fingerprint density at radius 1 is 1.27 bits per heavy atom. The standard InChI is InChI=1S/C19H26N4O3/c1-19(2,3)18(25)21-12-15(24)22-16(17-20-10-11-23(17)4)13-8-6-7-9-14(13)26-5/h6-11,16H,12H2,1-5H3,(H,21,25)(H,22,24)/t16-/m0/s1. The topological polar surface area (TPSA) is 85.2 Å². The number of hydrogen-bond donors (Lipinski definition) is 2. The van der Waals surface area contributed by atoms with E-state index < -0.39 is 11.5 Å². The summed E-state index contributed by atoms with van der Waals surface area (Å²) in [5.41, 5.74) is 0.238. The van der Waals surface area contributed by atoms with Crippen LogP contribution in [0.3, 0.4) is 0 Å². The van der Waals surface area contributed by atoms with Crippen LogP contribution in [0.2, 0.25) is 0 Å². The van der Waals surface area contributed by atoms with E-state index in [1.54, 1.807) is 34.1 Å². The first kappa shape index (κ1) is 19.5. The molecular formula is C19H26N4O3. The smallest absolute Gasteiger partial charge is 0.240 e. The maximum Gasteiger partial charge on any atom is 0.240 e. The molecule has 7 nitrogen and oxygen atoms in total. The third-order valence-electron chi connectivity index (χ3n) is 3.96. The number of carbonyl (C=O) groups excluding carboxylic acids is 2. The zero-order valence-electron chi connectivity index (χ0n) is 15.9. The average Bonchev–Trinajstić information content (AvgIpc) is 3.02. The first-order chi connectivity index (χ1) is 12.2. The van der Waals surface area contributed by atoms with Gasteiger partial charge in [0.15, 0.2) is 0 Å². The average molecular weight is 358 g/mol.